The Morgan fingerprint density at radius 3 is 3.20 bits per heavy atom. The Hall–Kier alpha value is -1.03. The fourth-order valence-electron chi connectivity index (χ4n) is 2.39. The molecule has 1 atom stereocenters. The standard InChI is InChI=1S/C11H20N4/c1-3-15-6-4-5-10(15)9-14(2)11-7-12-13-8-11/h7-8,10H,3-6,9H2,1-2H3,(H,12,13). The predicted molar refractivity (Wildman–Crippen MR) is 62.1 cm³/mol. The second-order valence-electron chi connectivity index (χ2n) is 4.26. The Labute approximate surface area is 91.3 Å². The first kappa shape index (κ1) is 10.5. The molecule has 4 nitrogen and oxygen atoms in total. The van der Waals surface area contributed by atoms with Gasteiger partial charge in [-0.3, -0.25) is 10.00 Å². The van der Waals surface area contributed by atoms with Gasteiger partial charge in [0, 0.05) is 25.8 Å². The van der Waals surface area contributed by atoms with Gasteiger partial charge in [-0.15, -0.1) is 0 Å². The minimum Gasteiger partial charge on any atom is -0.371 e. The molecule has 1 N–H and O–H groups in total. The lowest BCUT2D eigenvalue weighted by Crippen LogP contribution is -2.38. The number of likely N-dealkylation sites (N-methyl/N-ethyl adjacent to an activating group) is 2. The van der Waals surface area contributed by atoms with E-state index in [0.717, 1.165) is 12.6 Å². The Kier molecular flexibility index (Phi) is 3.26. The minimum atomic E-state index is 0.717. The summed E-state index contributed by atoms with van der Waals surface area (Å²) in [4.78, 5) is 4.85. The quantitative estimate of drug-likeness (QED) is 0.810. The summed E-state index contributed by atoms with van der Waals surface area (Å²) in [7, 11) is 2.14. The Morgan fingerprint density at radius 2 is 2.53 bits per heavy atom. The number of nitrogens with one attached hydrogen (secondary N) is 1. The third-order valence-electron chi connectivity index (χ3n) is 3.31. The highest BCUT2D eigenvalue weighted by molar-refractivity contribution is 5.40. The van der Waals surface area contributed by atoms with Crippen molar-refractivity contribution in [2.75, 3.05) is 31.6 Å². The molecular weight excluding hydrogens is 188 g/mol. The molecule has 1 unspecified atom stereocenters. The van der Waals surface area contributed by atoms with Crippen molar-refractivity contribution in [3.05, 3.63) is 12.4 Å². The second-order valence-corrected chi connectivity index (χ2v) is 4.26. The van der Waals surface area contributed by atoms with Crippen molar-refractivity contribution >= 4 is 5.69 Å². The van der Waals surface area contributed by atoms with Crippen molar-refractivity contribution in [1.29, 1.82) is 0 Å². The van der Waals surface area contributed by atoms with Crippen molar-refractivity contribution in [3.8, 4) is 0 Å². The summed E-state index contributed by atoms with van der Waals surface area (Å²) in [6.45, 7) is 5.79. The fourth-order valence-corrected chi connectivity index (χ4v) is 2.39. The van der Waals surface area contributed by atoms with Gasteiger partial charge >= 0.3 is 0 Å². The van der Waals surface area contributed by atoms with Crippen LogP contribution in [0.1, 0.15) is 19.8 Å². The van der Waals surface area contributed by atoms with Gasteiger partial charge in [0.25, 0.3) is 0 Å². The van der Waals surface area contributed by atoms with E-state index in [2.05, 4.69) is 34.0 Å². The molecule has 0 amide bonds. The van der Waals surface area contributed by atoms with Gasteiger partial charge in [0.05, 0.1) is 11.9 Å². The lowest BCUT2D eigenvalue weighted by atomic mass is 10.2. The van der Waals surface area contributed by atoms with Crippen LogP contribution in [0.15, 0.2) is 12.4 Å². The number of aromatic amines is 1. The Morgan fingerprint density at radius 1 is 1.67 bits per heavy atom. The molecule has 15 heavy (non-hydrogen) atoms. The van der Waals surface area contributed by atoms with Crippen LogP contribution in [0.25, 0.3) is 0 Å². The van der Waals surface area contributed by atoms with Crippen LogP contribution in [0.4, 0.5) is 5.69 Å². The van der Waals surface area contributed by atoms with Crippen molar-refractivity contribution in [2.45, 2.75) is 25.8 Å². The van der Waals surface area contributed by atoms with Crippen LogP contribution in [0.3, 0.4) is 0 Å². The SMILES string of the molecule is CCN1CCCC1CN(C)c1cn[nH]c1. The third kappa shape index (κ3) is 2.31. The van der Waals surface area contributed by atoms with Crippen LogP contribution in [0.2, 0.25) is 0 Å². The van der Waals surface area contributed by atoms with E-state index < -0.39 is 0 Å². The largest absolute Gasteiger partial charge is 0.371 e. The van der Waals surface area contributed by atoms with E-state index >= 15 is 0 Å². The average molecular weight is 208 g/mol. The van der Waals surface area contributed by atoms with Gasteiger partial charge in [-0.2, -0.15) is 5.10 Å². The van der Waals surface area contributed by atoms with E-state index in [0.29, 0.717) is 0 Å². The molecule has 1 aliphatic heterocycles. The molecule has 1 aromatic rings. The van der Waals surface area contributed by atoms with Gasteiger partial charge in [0.1, 0.15) is 0 Å². The van der Waals surface area contributed by atoms with E-state index in [1.165, 1.54) is 31.6 Å². The molecule has 1 aromatic heterocycles. The molecule has 4 heteroatoms. The molecule has 0 spiro atoms. The van der Waals surface area contributed by atoms with Gasteiger partial charge in [-0.25, -0.2) is 0 Å². The Bertz CT molecular complexity index is 283. The van der Waals surface area contributed by atoms with Crippen LogP contribution >= 0.6 is 0 Å². The first-order valence-electron chi connectivity index (χ1n) is 5.75. The van der Waals surface area contributed by atoms with E-state index in [9.17, 15) is 0 Å². The number of hydrogen-bond acceptors (Lipinski definition) is 3. The van der Waals surface area contributed by atoms with Crippen molar-refractivity contribution < 1.29 is 0 Å². The number of nitrogens with zero attached hydrogens (tertiary/aromatic N) is 3. The maximum atomic E-state index is 3.98. The number of likely N-dealkylation sites (tertiary alicyclic amines) is 1. The van der Waals surface area contributed by atoms with Gasteiger partial charge in [-0.1, -0.05) is 6.92 Å². The number of rotatable bonds is 4. The van der Waals surface area contributed by atoms with Crippen LogP contribution < -0.4 is 4.90 Å². The molecule has 84 valence electrons. The molecule has 1 fully saturated rings. The number of hydrogen-bond donors (Lipinski definition) is 1. The summed E-state index contributed by atoms with van der Waals surface area (Å²) >= 11 is 0. The summed E-state index contributed by atoms with van der Waals surface area (Å²) < 4.78 is 0. The number of anilines is 1. The van der Waals surface area contributed by atoms with Crippen LogP contribution in [-0.4, -0.2) is 47.8 Å². The van der Waals surface area contributed by atoms with E-state index in [4.69, 9.17) is 0 Å². The highest BCUT2D eigenvalue weighted by Gasteiger charge is 2.24. The molecule has 1 aliphatic rings. The average Bonchev–Trinajstić information content (AvgIpc) is 2.87. The lowest BCUT2D eigenvalue weighted by Gasteiger charge is -2.28. The highest BCUT2D eigenvalue weighted by atomic mass is 15.2. The van der Waals surface area contributed by atoms with Gasteiger partial charge < -0.3 is 4.90 Å². The zero-order chi connectivity index (χ0) is 10.7. The normalized spacial score (nSPS) is 22.1. The molecular formula is C11H20N4. The van der Waals surface area contributed by atoms with Crippen LogP contribution in [0.5, 0.6) is 0 Å². The van der Waals surface area contributed by atoms with Crippen molar-refractivity contribution in [3.63, 3.8) is 0 Å². The summed E-state index contributed by atoms with van der Waals surface area (Å²) in [5, 5.41) is 6.83. The van der Waals surface area contributed by atoms with Gasteiger partial charge in [-0.05, 0) is 25.9 Å². The van der Waals surface area contributed by atoms with Crippen LogP contribution in [-0.2, 0) is 0 Å². The first-order chi connectivity index (χ1) is 7.31. The van der Waals surface area contributed by atoms with Gasteiger partial charge in [0.15, 0.2) is 0 Å². The first-order valence-corrected chi connectivity index (χ1v) is 5.75. The molecule has 1 saturated heterocycles. The summed E-state index contributed by atoms with van der Waals surface area (Å²) in [6.07, 6.45) is 6.50. The maximum Gasteiger partial charge on any atom is 0.0747 e. The maximum absolute atomic E-state index is 3.98. The Balaban J connectivity index is 1.91. The molecule has 0 bridgehead atoms. The summed E-state index contributed by atoms with van der Waals surface area (Å²) in [6, 6.07) is 0.717. The monoisotopic (exact) mass is 208 g/mol. The molecule has 0 radical (unpaired) electrons. The fraction of sp³-hybridized carbons (Fsp3) is 0.727. The third-order valence-corrected chi connectivity index (χ3v) is 3.31. The zero-order valence-electron chi connectivity index (χ0n) is 9.61. The summed E-state index contributed by atoms with van der Waals surface area (Å²) in [5.41, 5.74) is 1.18. The summed E-state index contributed by atoms with van der Waals surface area (Å²) in [5.74, 6) is 0. The topological polar surface area (TPSA) is 35.2 Å². The van der Waals surface area contributed by atoms with Gasteiger partial charge in [0.2, 0.25) is 0 Å². The highest BCUT2D eigenvalue weighted by Crippen LogP contribution is 2.19. The van der Waals surface area contributed by atoms with Crippen molar-refractivity contribution in [2.24, 2.45) is 0 Å². The number of H-pyrrole nitrogens is 1. The number of aromatic nitrogens is 2. The van der Waals surface area contributed by atoms with E-state index in [1.54, 1.807) is 0 Å². The van der Waals surface area contributed by atoms with Crippen LogP contribution in [0, 0.1) is 0 Å². The van der Waals surface area contributed by atoms with Crippen molar-refractivity contribution in [1.82, 2.24) is 15.1 Å². The zero-order valence-corrected chi connectivity index (χ0v) is 9.61. The van der Waals surface area contributed by atoms with E-state index in [-0.39, 0.29) is 0 Å². The molecule has 2 rings (SSSR count). The predicted octanol–water partition coefficient (Wildman–Crippen LogP) is 1.33. The lowest BCUT2D eigenvalue weighted by molar-refractivity contribution is 0.270. The molecule has 0 aliphatic carbocycles. The minimum absolute atomic E-state index is 0.717. The molecule has 0 saturated carbocycles. The smallest absolute Gasteiger partial charge is 0.0747 e. The molecule has 0 aromatic carbocycles. The molecule has 2 heterocycles. The second kappa shape index (κ2) is 4.66. The van der Waals surface area contributed by atoms with E-state index in [1.807, 2.05) is 12.4 Å².